The predicted molar refractivity (Wildman–Crippen MR) is 59.7 cm³/mol. The Morgan fingerprint density at radius 3 is 2.69 bits per heavy atom. The van der Waals surface area contributed by atoms with Gasteiger partial charge in [-0.15, -0.1) is 0 Å². The van der Waals surface area contributed by atoms with Gasteiger partial charge in [0.15, 0.2) is 0 Å². The number of nitrogens with zero attached hydrogens (tertiary/aromatic N) is 2. The molecule has 0 aliphatic rings. The molecule has 1 aromatic heterocycles. The molecule has 0 atom stereocenters. The third-order valence-corrected chi connectivity index (χ3v) is 2.07. The number of hydrogen-bond donors (Lipinski definition) is 2. The zero-order valence-corrected chi connectivity index (χ0v) is 9.52. The molecule has 0 aliphatic heterocycles. The minimum absolute atomic E-state index is 0.0372. The zero-order chi connectivity index (χ0) is 12.3. The van der Waals surface area contributed by atoms with Crippen LogP contribution in [0.5, 0.6) is 0 Å². The number of nitrogens with one attached hydrogen (secondary N) is 1. The van der Waals surface area contributed by atoms with E-state index in [0.717, 1.165) is 0 Å². The van der Waals surface area contributed by atoms with Crippen LogP contribution in [-0.2, 0) is 4.79 Å². The van der Waals surface area contributed by atoms with Gasteiger partial charge in [0, 0.05) is 12.1 Å². The van der Waals surface area contributed by atoms with Gasteiger partial charge in [0.1, 0.15) is 18.2 Å². The summed E-state index contributed by atoms with van der Waals surface area (Å²) in [5.41, 5.74) is -0.279. The second-order valence-corrected chi connectivity index (χ2v) is 3.80. The molecule has 0 fully saturated rings. The summed E-state index contributed by atoms with van der Waals surface area (Å²) in [7, 11) is 0. The molecule has 1 aromatic rings. The van der Waals surface area contributed by atoms with Crippen molar-refractivity contribution in [1.29, 1.82) is 0 Å². The van der Waals surface area contributed by atoms with Crippen LogP contribution in [-0.4, -0.2) is 33.6 Å². The standard InChI is InChI=1S/C10H15N3O3/c1-6(2)13(5-10(15)16)8-4-9(14)12-7(3)11-8/h4,6H,5H2,1-3H3,(H,15,16)(H,11,12,14). The van der Waals surface area contributed by atoms with Crippen LogP contribution in [0.4, 0.5) is 5.82 Å². The van der Waals surface area contributed by atoms with E-state index in [-0.39, 0.29) is 18.1 Å². The Bertz CT molecular complexity index is 439. The number of carboxylic acids is 1. The van der Waals surface area contributed by atoms with Crippen LogP contribution in [0, 0.1) is 6.92 Å². The summed E-state index contributed by atoms with van der Waals surface area (Å²) in [5, 5.41) is 8.78. The number of aromatic nitrogens is 2. The van der Waals surface area contributed by atoms with Crippen molar-refractivity contribution < 1.29 is 9.90 Å². The van der Waals surface area contributed by atoms with Gasteiger partial charge in [-0.2, -0.15) is 0 Å². The predicted octanol–water partition coefficient (Wildman–Crippen LogP) is 0.378. The van der Waals surface area contributed by atoms with Crippen molar-refractivity contribution in [1.82, 2.24) is 9.97 Å². The number of carbonyl (C=O) groups is 1. The summed E-state index contributed by atoms with van der Waals surface area (Å²) in [4.78, 5) is 30.1. The van der Waals surface area contributed by atoms with Crippen molar-refractivity contribution in [3.8, 4) is 0 Å². The molecule has 0 unspecified atom stereocenters. The summed E-state index contributed by atoms with van der Waals surface area (Å²) in [5.74, 6) is -0.0920. The van der Waals surface area contributed by atoms with Crippen LogP contribution in [0.2, 0.25) is 0 Å². The fourth-order valence-electron chi connectivity index (χ4n) is 1.38. The quantitative estimate of drug-likeness (QED) is 0.773. The monoisotopic (exact) mass is 225 g/mol. The number of rotatable bonds is 4. The SMILES string of the molecule is Cc1nc(N(CC(=O)O)C(C)C)cc(=O)[nH]1. The molecule has 6 nitrogen and oxygen atoms in total. The van der Waals surface area contributed by atoms with Crippen molar-refractivity contribution in [3.05, 3.63) is 22.2 Å². The summed E-state index contributed by atoms with van der Waals surface area (Å²) < 4.78 is 0. The minimum Gasteiger partial charge on any atom is -0.480 e. The first kappa shape index (κ1) is 12.2. The van der Waals surface area contributed by atoms with Crippen LogP contribution >= 0.6 is 0 Å². The number of anilines is 1. The van der Waals surface area contributed by atoms with E-state index in [0.29, 0.717) is 11.6 Å². The van der Waals surface area contributed by atoms with Gasteiger partial charge >= 0.3 is 5.97 Å². The molecule has 6 heteroatoms. The maximum Gasteiger partial charge on any atom is 0.323 e. The maximum atomic E-state index is 11.3. The minimum atomic E-state index is -0.951. The van der Waals surface area contributed by atoms with Gasteiger partial charge in [0.25, 0.3) is 5.56 Å². The first-order valence-electron chi connectivity index (χ1n) is 4.96. The van der Waals surface area contributed by atoms with E-state index in [1.54, 1.807) is 11.8 Å². The second-order valence-electron chi connectivity index (χ2n) is 3.80. The highest BCUT2D eigenvalue weighted by atomic mass is 16.4. The Balaban J connectivity index is 3.10. The first-order valence-corrected chi connectivity index (χ1v) is 4.96. The second kappa shape index (κ2) is 4.78. The molecule has 0 saturated carbocycles. The van der Waals surface area contributed by atoms with Gasteiger partial charge < -0.3 is 15.0 Å². The van der Waals surface area contributed by atoms with Crippen molar-refractivity contribution in [2.75, 3.05) is 11.4 Å². The molecule has 0 saturated heterocycles. The fraction of sp³-hybridized carbons (Fsp3) is 0.500. The maximum absolute atomic E-state index is 11.3. The molecule has 0 aliphatic carbocycles. The van der Waals surface area contributed by atoms with Crippen molar-refractivity contribution in [2.24, 2.45) is 0 Å². The summed E-state index contributed by atoms with van der Waals surface area (Å²) in [6, 6.07) is 1.26. The van der Waals surface area contributed by atoms with Crippen LogP contribution in [0.1, 0.15) is 19.7 Å². The number of hydrogen-bond acceptors (Lipinski definition) is 4. The normalized spacial score (nSPS) is 10.5. The van der Waals surface area contributed by atoms with Gasteiger partial charge in [-0.3, -0.25) is 9.59 Å². The number of aromatic amines is 1. The lowest BCUT2D eigenvalue weighted by molar-refractivity contribution is -0.135. The van der Waals surface area contributed by atoms with Gasteiger partial charge in [-0.25, -0.2) is 4.98 Å². The Hall–Kier alpha value is -1.85. The molecule has 0 spiro atoms. The average molecular weight is 225 g/mol. The molecule has 1 rings (SSSR count). The van der Waals surface area contributed by atoms with E-state index >= 15 is 0 Å². The largest absolute Gasteiger partial charge is 0.480 e. The van der Waals surface area contributed by atoms with Gasteiger partial charge in [0.05, 0.1) is 0 Å². The van der Waals surface area contributed by atoms with Gasteiger partial charge in [-0.05, 0) is 20.8 Å². The van der Waals surface area contributed by atoms with E-state index < -0.39 is 5.97 Å². The average Bonchev–Trinajstić information content (AvgIpc) is 2.11. The molecular weight excluding hydrogens is 210 g/mol. The zero-order valence-electron chi connectivity index (χ0n) is 9.52. The molecule has 2 N–H and O–H groups in total. The van der Waals surface area contributed by atoms with Crippen molar-refractivity contribution in [3.63, 3.8) is 0 Å². The Kier molecular flexibility index (Phi) is 3.65. The highest BCUT2D eigenvalue weighted by Gasteiger charge is 2.16. The highest BCUT2D eigenvalue weighted by molar-refractivity contribution is 5.73. The molecule has 1 heterocycles. The molecular formula is C10H15N3O3. The number of aryl methyl sites for hydroxylation is 1. The summed E-state index contributed by atoms with van der Waals surface area (Å²) in [6.45, 7) is 5.18. The Labute approximate surface area is 92.9 Å². The summed E-state index contributed by atoms with van der Waals surface area (Å²) in [6.07, 6.45) is 0. The molecule has 0 amide bonds. The van der Waals surface area contributed by atoms with E-state index in [1.165, 1.54) is 6.07 Å². The Morgan fingerprint density at radius 1 is 1.62 bits per heavy atom. The number of H-pyrrole nitrogens is 1. The van der Waals surface area contributed by atoms with Crippen LogP contribution in [0.25, 0.3) is 0 Å². The molecule has 16 heavy (non-hydrogen) atoms. The van der Waals surface area contributed by atoms with Crippen molar-refractivity contribution >= 4 is 11.8 Å². The van der Waals surface area contributed by atoms with E-state index in [1.807, 2.05) is 13.8 Å². The van der Waals surface area contributed by atoms with E-state index in [4.69, 9.17) is 5.11 Å². The third-order valence-electron chi connectivity index (χ3n) is 2.07. The summed E-state index contributed by atoms with van der Waals surface area (Å²) >= 11 is 0. The third kappa shape index (κ3) is 3.08. The Morgan fingerprint density at radius 2 is 2.25 bits per heavy atom. The lowest BCUT2D eigenvalue weighted by Gasteiger charge is -2.25. The van der Waals surface area contributed by atoms with Crippen LogP contribution in [0.3, 0.4) is 0 Å². The first-order chi connectivity index (χ1) is 7.40. The van der Waals surface area contributed by atoms with Gasteiger partial charge in [0.2, 0.25) is 0 Å². The van der Waals surface area contributed by atoms with E-state index in [2.05, 4.69) is 9.97 Å². The number of carboxylic acid groups (broad SMARTS) is 1. The molecule has 0 aromatic carbocycles. The molecule has 88 valence electrons. The lowest BCUT2D eigenvalue weighted by Crippen LogP contribution is -2.37. The lowest BCUT2D eigenvalue weighted by atomic mass is 10.3. The topological polar surface area (TPSA) is 86.3 Å². The van der Waals surface area contributed by atoms with Gasteiger partial charge in [-0.1, -0.05) is 0 Å². The van der Waals surface area contributed by atoms with Crippen molar-refractivity contribution in [2.45, 2.75) is 26.8 Å². The van der Waals surface area contributed by atoms with E-state index in [9.17, 15) is 9.59 Å². The van der Waals surface area contributed by atoms with Crippen LogP contribution < -0.4 is 10.5 Å². The fourth-order valence-corrected chi connectivity index (χ4v) is 1.38. The highest BCUT2D eigenvalue weighted by Crippen LogP contribution is 2.11. The molecule has 0 radical (unpaired) electrons. The smallest absolute Gasteiger partial charge is 0.323 e. The van der Waals surface area contributed by atoms with Crippen LogP contribution in [0.15, 0.2) is 10.9 Å². The molecule has 0 bridgehead atoms. The number of aliphatic carboxylic acids is 1.